The van der Waals surface area contributed by atoms with Crippen LogP contribution in [0, 0.1) is 0 Å². The molecule has 0 spiro atoms. The second-order valence-corrected chi connectivity index (χ2v) is 8.72. The van der Waals surface area contributed by atoms with E-state index in [0.717, 1.165) is 13.0 Å². The van der Waals surface area contributed by atoms with E-state index in [-0.39, 0.29) is 0 Å². The first-order chi connectivity index (χ1) is 4.06. The van der Waals surface area contributed by atoms with Gasteiger partial charge in [0.15, 0.2) is 0 Å². The summed E-state index contributed by atoms with van der Waals surface area (Å²) in [4.78, 5) is 0. The molecule has 2 nitrogen and oxygen atoms in total. The van der Waals surface area contributed by atoms with Crippen molar-refractivity contribution in [1.82, 2.24) is 0 Å². The monoisotopic (exact) mass is 355 g/mol. The molecule has 0 aliphatic carbocycles. The Kier molecular flexibility index (Phi) is 5.87. The molecule has 0 radical (unpaired) electrons. The van der Waals surface area contributed by atoms with Crippen LogP contribution in [0.4, 0.5) is 0 Å². The number of nitrogens with two attached hydrogens (primary N) is 1. The second-order valence-electron chi connectivity index (χ2n) is 1.90. The van der Waals surface area contributed by atoms with E-state index in [2.05, 4.69) is 52.1 Å². The molecule has 0 saturated carbocycles. The minimum Gasteiger partial charge on any atom is -0.366 e. The lowest BCUT2D eigenvalue weighted by molar-refractivity contribution is 0.139. The predicted octanol–water partition coefficient (Wildman–Crippen LogP) is 1.90. The Morgan fingerprint density at radius 1 is 1.56 bits per heavy atom. The third kappa shape index (κ3) is 9.38. The zero-order valence-corrected chi connectivity index (χ0v) is 9.68. The maximum atomic E-state index is 5.13. The number of halogens is 2. The maximum Gasteiger partial charge on any atom is 0.0940 e. The van der Waals surface area contributed by atoms with Gasteiger partial charge in [0, 0.05) is 0 Å². The van der Waals surface area contributed by atoms with Crippen molar-refractivity contribution in [2.24, 2.45) is 5.73 Å². The van der Waals surface area contributed by atoms with Gasteiger partial charge >= 0.3 is 0 Å². The van der Waals surface area contributed by atoms with E-state index in [1.165, 1.54) is 0 Å². The summed E-state index contributed by atoms with van der Waals surface area (Å²) in [5.41, 5.74) is 5.13. The third-order valence-corrected chi connectivity index (χ3v) is 1.88. The summed E-state index contributed by atoms with van der Waals surface area (Å²) in [5, 5.41) is 0. The van der Waals surface area contributed by atoms with Gasteiger partial charge in [-0.2, -0.15) is 0 Å². The van der Waals surface area contributed by atoms with E-state index in [4.69, 9.17) is 10.5 Å². The van der Waals surface area contributed by atoms with Gasteiger partial charge in [-0.25, -0.2) is 0 Å². The fourth-order valence-corrected chi connectivity index (χ4v) is 0.775. The van der Waals surface area contributed by atoms with Crippen LogP contribution in [0.5, 0.6) is 0 Å². The van der Waals surface area contributed by atoms with E-state index in [1.807, 2.05) is 0 Å². The van der Waals surface area contributed by atoms with Crippen molar-refractivity contribution in [3.8, 4) is 0 Å². The first-order valence-corrected chi connectivity index (χ1v) is 4.87. The second kappa shape index (κ2) is 5.09. The Morgan fingerprint density at radius 2 is 2.11 bits per heavy atom. The molecule has 4 heteroatoms. The van der Waals surface area contributed by atoms with Crippen LogP contribution in [0.3, 0.4) is 0 Å². The van der Waals surface area contributed by atoms with Crippen LogP contribution in [0.25, 0.3) is 0 Å². The Bertz CT molecular complexity index is 71.8. The molecule has 0 rings (SSSR count). The van der Waals surface area contributed by atoms with Crippen LogP contribution >= 0.6 is 45.2 Å². The number of hydrogen-bond donors (Lipinski definition) is 1. The van der Waals surface area contributed by atoms with Crippen molar-refractivity contribution < 1.29 is 4.74 Å². The molecule has 0 fully saturated rings. The van der Waals surface area contributed by atoms with Gasteiger partial charge in [0.2, 0.25) is 0 Å². The first kappa shape index (κ1) is 10.4. The standard InChI is InChI=1S/C5H11I2NO/c1-5(6,7)2-3-9-4-8/h2-4,8H2,1H3. The molecular formula is C5H11I2NO. The van der Waals surface area contributed by atoms with Crippen LogP contribution in [0.1, 0.15) is 13.3 Å². The van der Waals surface area contributed by atoms with Crippen molar-refractivity contribution in [3.05, 3.63) is 0 Å². The highest BCUT2D eigenvalue weighted by atomic mass is 127. The van der Waals surface area contributed by atoms with Crippen LogP contribution in [0.2, 0.25) is 0 Å². The van der Waals surface area contributed by atoms with E-state index in [1.54, 1.807) is 0 Å². The molecule has 9 heavy (non-hydrogen) atoms. The zero-order valence-electron chi connectivity index (χ0n) is 5.36. The van der Waals surface area contributed by atoms with Gasteiger partial charge in [0.25, 0.3) is 0 Å². The van der Waals surface area contributed by atoms with E-state index < -0.39 is 0 Å². The average molecular weight is 355 g/mol. The van der Waals surface area contributed by atoms with Gasteiger partial charge in [0.1, 0.15) is 0 Å². The van der Waals surface area contributed by atoms with Crippen LogP contribution < -0.4 is 5.73 Å². The van der Waals surface area contributed by atoms with Crippen molar-refractivity contribution in [2.45, 2.75) is 14.8 Å². The largest absolute Gasteiger partial charge is 0.366 e. The highest BCUT2D eigenvalue weighted by Gasteiger charge is 2.13. The Balaban J connectivity index is 3.07. The molecule has 0 saturated heterocycles. The van der Waals surface area contributed by atoms with Crippen molar-refractivity contribution in [2.75, 3.05) is 13.3 Å². The summed E-state index contributed by atoms with van der Waals surface area (Å²) in [6.45, 7) is 3.26. The summed E-state index contributed by atoms with van der Waals surface area (Å²) in [6.07, 6.45) is 1.05. The smallest absolute Gasteiger partial charge is 0.0940 e. The van der Waals surface area contributed by atoms with Crippen LogP contribution in [0.15, 0.2) is 0 Å². The van der Waals surface area contributed by atoms with Gasteiger partial charge in [-0.15, -0.1) is 0 Å². The third-order valence-electron chi connectivity index (χ3n) is 0.803. The lowest BCUT2D eigenvalue weighted by Crippen LogP contribution is -2.12. The maximum absolute atomic E-state index is 5.13. The number of ether oxygens (including phenoxy) is 1. The summed E-state index contributed by atoms with van der Waals surface area (Å²) in [7, 11) is 0. The van der Waals surface area contributed by atoms with Crippen LogP contribution in [-0.2, 0) is 4.74 Å². The van der Waals surface area contributed by atoms with Gasteiger partial charge in [-0.05, 0) is 13.3 Å². The molecule has 0 aromatic carbocycles. The lowest BCUT2D eigenvalue weighted by Gasteiger charge is -2.12. The number of hydrogen-bond acceptors (Lipinski definition) is 2. The van der Waals surface area contributed by atoms with Crippen molar-refractivity contribution in [1.29, 1.82) is 0 Å². The van der Waals surface area contributed by atoms with E-state index in [0.29, 0.717) is 8.16 Å². The molecule has 0 amide bonds. The fraction of sp³-hybridized carbons (Fsp3) is 1.00. The van der Waals surface area contributed by atoms with Gasteiger partial charge in [0.05, 0.1) is 14.8 Å². The fourth-order valence-electron chi connectivity index (χ4n) is 0.335. The molecule has 0 aliphatic rings. The van der Waals surface area contributed by atoms with Crippen LogP contribution in [-0.4, -0.2) is 14.8 Å². The molecule has 0 aromatic heterocycles. The highest BCUT2D eigenvalue weighted by molar-refractivity contribution is 14.2. The Hall–Kier alpha value is 1.38. The molecular weight excluding hydrogens is 344 g/mol. The molecule has 0 unspecified atom stereocenters. The first-order valence-electron chi connectivity index (χ1n) is 2.72. The SMILES string of the molecule is CC(I)(I)CCOCN. The normalized spacial score (nSPS) is 12.0. The van der Waals surface area contributed by atoms with Crippen molar-refractivity contribution in [3.63, 3.8) is 0 Å². The summed E-state index contributed by atoms with van der Waals surface area (Å²) in [6, 6.07) is 0. The van der Waals surface area contributed by atoms with Crippen molar-refractivity contribution >= 4 is 45.2 Å². The zero-order chi connectivity index (χ0) is 7.33. The molecule has 0 bridgehead atoms. The summed E-state index contributed by atoms with van der Waals surface area (Å²) in [5.74, 6) is 0. The number of alkyl halides is 2. The van der Waals surface area contributed by atoms with Gasteiger partial charge in [-0.1, -0.05) is 45.2 Å². The lowest BCUT2D eigenvalue weighted by atomic mass is 10.4. The molecule has 2 N–H and O–H groups in total. The molecule has 0 atom stereocenters. The quantitative estimate of drug-likeness (QED) is 0.362. The number of rotatable bonds is 4. The Labute approximate surface area is 83.2 Å². The Morgan fingerprint density at radius 3 is 2.44 bits per heavy atom. The molecule has 0 heterocycles. The summed E-state index contributed by atoms with van der Waals surface area (Å²) < 4.78 is 5.29. The molecule has 0 aromatic rings. The van der Waals surface area contributed by atoms with E-state index >= 15 is 0 Å². The van der Waals surface area contributed by atoms with Gasteiger partial charge in [-0.3, -0.25) is 0 Å². The minimum absolute atomic E-state index is 0.310. The van der Waals surface area contributed by atoms with Gasteiger partial charge < -0.3 is 10.5 Å². The topological polar surface area (TPSA) is 35.2 Å². The van der Waals surface area contributed by atoms with E-state index in [9.17, 15) is 0 Å². The molecule has 56 valence electrons. The summed E-state index contributed by atoms with van der Waals surface area (Å²) >= 11 is 4.76. The molecule has 0 aliphatic heterocycles. The average Bonchev–Trinajstić information content (AvgIpc) is 1.63. The minimum atomic E-state index is 0.310. The highest BCUT2D eigenvalue weighted by Crippen LogP contribution is 2.30. The predicted molar refractivity (Wildman–Crippen MR) is 56.1 cm³/mol.